The van der Waals surface area contributed by atoms with Crippen molar-refractivity contribution in [2.45, 2.75) is 13.8 Å². The van der Waals surface area contributed by atoms with Gasteiger partial charge in [0.05, 0.1) is 0 Å². The van der Waals surface area contributed by atoms with Crippen LogP contribution in [0, 0.1) is 0 Å². The molecule has 0 N–H and O–H groups in total. The molecule has 1 heterocycles. The van der Waals surface area contributed by atoms with Gasteiger partial charge in [-0.2, -0.15) is 0 Å². The highest BCUT2D eigenvalue weighted by Crippen LogP contribution is 2.27. The summed E-state index contributed by atoms with van der Waals surface area (Å²) in [7, 11) is 0. The average Bonchev–Trinajstić information content (AvgIpc) is 2.43. The van der Waals surface area contributed by atoms with Crippen molar-refractivity contribution in [2.24, 2.45) is 0 Å². The predicted octanol–water partition coefficient (Wildman–Crippen LogP) is 4.08. The third-order valence-corrected chi connectivity index (χ3v) is 3.17. The van der Waals surface area contributed by atoms with Crippen LogP contribution in [0.2, 0.25) is 0 Å². The Morgan fingerprint density at radius 2 is 2.00 bits per heavy atom. The van der Waals surface area contributed by atoms with Crippen LogP contribution in [0.1, 0.15) is 19.4 Å². The van der Waals surface area contributed by atoms with Crippen LogP contribution >= 0.6 is 0 Å². The van der Waals surface area contributed by atoms with Gasteiger partial charge in [-0.15, -0.1) is 0 Å². The SMILES string of the molecule is C=C(C)C1=C(C)C(=O)OC/C1=C\C=C\c1ccccc1. The van der Waals surface area contributed by atoms with Gasteiger partial charge in [0.2, 0.25) is 0 Å². The van der Waals surface area contributed by atoms with Gasteiger partial charge in [0.25, 0.3) is 0 Å². The monoisotopic (exact) mass is 266 g/mol. The first kappa shape index (κ1) is 14.1. The van der Waals surface area contributed by atoms with Gasteiger partial charge >= 0.3 is 5.97 Å². The zero-order valence-corrected chi connectivity index (χ0v) is 11.8. The molecule has 20 heavy (non-hydrogen) atoms. The Morgan fingerprint density at radius 3 is 2.65 bits per heavy atom. The van der Waals surface area contributed by atoms with Crippen molar-refractivity contribution in [3.63, 3.8) is 0 Å². The minimum Gasteiger partial charge on any atom is -0.457 e. The first-order valence-corrected chi connectivity index (χ1v) is 6.56. The molecule has 1 aliphatic rings. The largest absolute Gasteiger partial charge is 0.457 e. The molecule has 2 heteroatoms. The lowest BCUT2D eigenvalue weighted by Crippen LogP contribution is -2.18. The van der Waals surface area contributed by atoms with E-state index < -0.39 is 0 Å². The minimum atomic E-state index is -0.257. The number of rotatable bonds is 3. The summed E-state index contributed by atoms with van der Waals surface area (Å²) in [6.45, 7) is 7.94. The normalized spacial score (nSPS) is 17.7. The van der Waals surface area contributed by atoms with E-state index >= 15 is 0 Å². The maximum Gasteiger partial charge on any atom is 0.334 e. The number of ether oxygens (including phenoxy) is 1. The number of hydrogen-bond donors (Lipinski definition) is 0. The van der Waals surface area contributed by atoms with Crippen molar-refractivity contribution in [3.8, 4) is 0 Å². The van der Waals surface area contributed by atoms with Crippen LogP contribution < -0.4 is 0 Å². The molecule has 0 saturated heterocycles. The van der Waals surface area contributed by atoms with Gasteiger partial charge in [0, 0.05) is 5.57 Å². The first-order chi connectivity index (χ1) is 9.59. The molecule has 102 valence electrons. The van der Waals surface area contributed by atoms with E-state index in [1.165, 1.54) is 0 Å². The van der Waals surface area contributed by atoms with Crippen molar-refractivity contribution < 1.29 is 9.53 Å². The summed E-state index contributed by atoms with van der Waals surface area (Å²) in [6, 6.07) is 10.1. The Morgan fingerprint density at radius 1 is 1.30 bits per heavy atom. The molecule has 0 radical (unpaired) electrons. The Kier molecular flexibility index (Phi) is 4.36. The molecule has 2 nitrogen and oxygen atoms in total. The van der Waals surface area contributed by atoms with E-state index in [4.69, 9.17) is 4.74 Å². The van der Waals surface area contributed by atoms with Crippen molar-refractivity contribution in [1.29, 1.82) is 0 Å². The topological polar surface area (TPSA) is 26.3 Å². The molecule has 0 aromatic heterocycles. The number of carbonyl (C=O) groups is 1. The summed E-state index contributed by atoms with van der Waals surface area (Å²) in [4.78, 5) is 11.6. The minimum absolute atomic E-state index is 0.257. The number of hydrogen-bond acceptors (Lipinski definition) is 2. The molecule has 0 fully saturated rings. The standard InChI is InChI=1S/C18H18O2/c1-13(2)17-14(3)18(19)20-12-16(17)11-7-10-15-8-5-4-6-9-15/h4-11H,1,12H2,2-3H3/b10-7+,16-11+. The van der Waals surface area contributed by atoms with E-state index in [2.05, 4.69) is 6.58 Å². The van der Waals surface area contributed by atoms with Crippen molar-refractivity contribution >= 4 is 12.0 Å². The molecule has 1 aromatic carbocycles. The van der Waals surface area contributed by atoms with Crippen LogP contribution in [-0.2, 0) is 9.53 Å². The van der Waals surface area contributed by atoms with Gasteiger partial charge in [0.15, 0.2) is 0 Å². The van der Waals surface area contributed by atoms with Gasteiger partial charge in [-0.3, -0.25) is 0 Å². The summed E-state index contributed by atoms with van der Waals surface area (Å²) in [5.74, 6) is -0.257. The van der Waals surface area contributed by atoms with Crippen LogP contribution in [0.25, 0.3) is 6.08 Å². The van der Waals surface area contributed by atoms with E-state index in [9.17, 15) is 4.79 Å². The summed E-state index contributed by atoms with van der Waals surface area (Å²) in [5, 5.41) is 0. The lowest BCUT2D eigenvalue weighted by molar-refractivity contribution is -0.138. The Labute approximate surface area is 119 Å². The molecule has 0 atom stereocenters. The molecule has 0 bridgehead atoms. The molecule has 1 aromatic rings. The first-order valence-electron chi connectivity index (χ1n) is 6.56. The second-order valence-electron chi connectivity index (χ2n) is 4.82. The van der Waals surface area contributed by atoms with Crippen molar-refractivity contribution in [3.05, 3.63) is 76.9 Å². The summed E-state index contributed by atoms with van der Waals surface area (Å²) >= 11 is 0. The smallest absolute Gasteiger partial charge is 0.334 e. The summed E-state index contributed by atoms with van der Waals surface area (Å²) in [6.07, 6.45) is 5.97. The number of allylic oxidation sites excluding steroid dienone is 3. The summed E-state index contributed by atoms with van der Waals surface area (Å²) in [5.41, 5.74) is 4.55. The van der Waals surface area contributed by atoms with E-state index in [0.717, 1.165) is 22.3 Å². The molecule has 0 unspecified atom stereocenters. The zero-order chi connectivity index (χ0) is 14.5. The van der Waals surface area contributed by atoms with Gasteiger partial charge in [-0.05, 0) is 30.6 Å². The van der Waals surface area contributed by atoms with Crippen LogP contribution in [0.3, 0.4) is 0 Å². The molecular formula is C18H18O2. The van der Waals surface area contributed by atoms with E-state index in [0.29, 0.717) is 12.2 Å². The highest BCUT2D eigenvalue weighted by Gasteiger charge is 2.22. The van der Waals surface area contributed by atoms with E-state index in [1.807, 2.05) is 55.5 Å². The molecule has 2 rings (SSSR count). The van der Waals surface area contributed by atoms with Crippen LogP contribution in [-0.4, -0.2) is 12.6 Å². The molecule has 0 spiro atoms. The molecular weight excluding hydrogens is 248 g/mol. The second kappa shape index (κ2) is 6.20. The van der Waals surface area contributed by atoms with E-state index in [-0.39, 0.29) is 5.97 Å². The van der Waals surface area contributed by atoms with Gasteiger partial charge in [-0.1, -0.05) is 60.7 Å². The van der Waals surface area contributed by atoms with E-state index in [1.54, 1.807) is 6.92 Å². The lowest BCUT2D eigenvalue weighted by atomic mass is 9.93. The fourth-order valence-electron chi connectivity index (χ4n) is 2.23. The predicted molar refractivity (Wildman–Crippen MR) is 82.0 cm³/mol. The van der Waals surface area contributed by atoms with Gasteiger partial charge < -0.3 is 4.74 Å². The molecule has 1 aliphatic heterocycles. The maximum absolute atomic E-state index is 11.6. The third-order valence-electron chi connectivity index (χ3n) is 3.17. The second-order valence-corrected chi connectivity index (χ2v) is 4.82. The fraction of sp³-hybridized carbons (Fsp3) is 0.167. The number of carbonyl (C=O) groups excluding carboxylic acids is 1. The molecule has 0 amide bonds. The van der Waals surface area contributed by atoms with Gasteiger partial charge in [0.1, 0.15) is 6.61 Å². The van der Waals surface area contributed by atoms with Crippen molar-refractivity contribution in [2.75, 3.05) is 6.61 Å². The van der Waals surface area contributed by atoms with Crippen LogP contribution in [0.5, 0.6) is 0 Å². The Hall–Kier alpha value is -2.35. The highest BCUT2D eigenvalue weighted by atomic mass is 16.5. The Balaban J connectivity index is 2.27. The van der Waals surface area contributed by atoms with Crippen LogP contribution in [0.15, 0.2) is 71.4 Å². The molecule has 0 aliphatic carbocycles. The van der Waals surface area contributed by atoms with Crippen molar-refractivity contribution in [1.82, 2.24) is 0 Å². The maximum atomic E-state index is 11.6. The third kappa shape index (κ3) is 3.15. The molecule has 0 saturated carbocycles. The average molecular weight is 266 g/mol. The zero-order valence-electron chi connectivity index (χ0n) is 11.8. The highest BCUT2D eigenvalue weighted by molar-refractivity contribution is 5.92. The number of cyclic esters (lactones) is 1. The fourth-order valence-corrected chi connectivity index (χ4v) is 2.23. The van der Waals surface area contributed by atoms with Gasteiger partial charge in [-0.25, -0.2) is 4.79 Å². The number of esters is 1. The number of benzene rings is 1. The summed E-state index contributed by atoms with van der Waals surface area (Å²) < 4.78 is 5.15. The van der Waals surface area contributed by atoms with Crippen LogP contribution in [0.4, 0.5) is 0 Å². The Bertz CT molecular complexity index is 616. The quantitative estimate of drug-likeness (QED) is 0.771. The lowest BCUT2D eigenvalue weighted by Gasteiger charge is -2.20.